The maximum absolute atomic E-state index is 13.1. The molecule has 2 amide bonds. The number of nitrogens with one attached hydrogen (secondary N) is 2. The van der Waals surface area contributed by atoms with E-state index in [1.165, 1.54) is 24.3 Å². The third kappa shape index (κ3) is 5.87. The number of piperazine rings is 1. The van der Waals surface area contributed by atoms with Gasteiger partial charge in [0, 0.05) is 37.6 Å². The molecule has 1 aliphatic rings. The predicted molar refractivity (Wildman–Crippen MR) is 126 cm³/mol. The molecule has 0 bridgehead atoms. The summed E-state index contributed by atoms with van der Waals surface area (Å²) in [6.07, 6.45) is 0. The maximum atomic E-state index is 13.1. The highest BCUT2D eigenvalue weighted by molar-refractivity contribution is 6.10. The summed E-state index contributed by atoms with van der Waals surface area (Å²) < 4.78 is 13.1. The molecule has 7 nitrogen and oxygen atoms in total. The summed E-state index contributed by atoms with van der Waals surface area (Å²) in [5.74, 6) is -0.736. The van der Waals surface area contributed by atoms with Crippen molar-refractivity contribution in [1.29, 1.82) is 0 Å². The third-order valence-corrected chi connectivity index (χ3v) is 5.50. The van der Waals surface area contributed by atoms with E-state index in [0.717, 1.165) is 31.9 Å². The van der Waals surface area contributed by atoms with E-state index >= 15 is 0 Å². The topological polar surface area (TPSA) is 84.9 Å². The number of phenolic OH excluding ortho intramolecular Hbond substituents is 1. The SMILES string of the molecule is O=C(CN1CCN(c2ccc(O)cc2)CC1)Nc1ccccc1C(=O)Nc1ccc(F)cc1. The Morgan fingerprint density at radius 3 is 2.21 bits per heavy atom. The first kappa shape index (κ1) is 22.3. The predicted octanol–water partition coefficient (Wildman–Crippen LogP) is 3.54. The van der Waals surface area contributed by atoms with Gasteiger partial charge < -0.3 is 20.6 Å². The Bertz CT molecular complexity index is 1110. The van der Waals surface area contributed by atoms with Crippen LogP contribution in [0.4, 0.5) is 21.5 Å². The number of nitrogens with zero attached hydrogens (tertiary/aromatic N) is 2. The van der Waals surface area contributed by atoms with E-state index in [0.29, 0.717) is 16.9 Å². The number of carbonyl (C=O) groups excluding carboxylic acids is 2. The fourth-order valence-electron chi connectivity index (χ4n) is 3.74. The lowest BCUT2D eigenvalue weighted by Crippen LogP contribution is -2.48. The molecule has 4 rings (SSSR count). The van der Waals surface area contributed by atoms with Crippen LogP contribution < -0.4 is 15.5 Å². The van der Waals surface area contributed by atoms with Crippen molar-refractivity contribution in [1.82, 2.24) is 4.90 Å². The van der Waals surface area contributed by atoms with Crippen LogP contribution in [0.1, 0.15) is 10.4 Å². The first-order valence-electron chi connectivity index (χ1n) is 10.7. The lowest BCUT2D eigenvalue weighted by atomic mass is 10.1. The van der Waals surface area contributed by atoms with Gasteiger partial charge in [-0.3, -0.25) is 14.5 Å². The second-order valence-corrected chi connectivity index (χ2v) is 7.83. The average molecular weight is 448 g/mol. The van der Waals surface area contributed by atoms with E-state index in [9.17, 15) is 19.1 Å². The van der Waals surface area contributed by atoms with E-state index in [1.807, 2.05) is 12.1 Å². The van der Waals surface area contributed by atoms with Crippen LogP contribution in [0.2, 0.25) is 0 Å². The van der Waals surface area contributed by atoms with Crippen LogP contribution in [-0.4, -0.2) is 54.5 Å². The molecule has 33 heavy (non-hydrogen) atoms. The normalized spacial score (nSPS) is 14.0. The number of aromatic hydroxyl groups is 1. The van der Waals surface area contributed by atoms with Gasteiger partial charge in [-0.05, 0) is 60.7 Å². The summed E-state index contributed by atoms with van der Waals surface area (Å²) >= 11 is 0. The minimum absolute atomic E-state index is 0.199. The number of phenols is 1. The number of rotatable bonds is 6. The number of benzene rings is 3. The molecule has 0 aromatic heterocycles. The Hall–Kier alpha value is -3.91. The zero-order chi connectivity index (χ0) is 23.2. The van der Waals surface area contributed by atoms with Crippen molar-refractivity contribution in [3.63, 3.8) is 0 Å². The van der Waals surface area contributed by atoms with Crippen molar-refractivity contribution < 1.29 is 19.1 Å². The van der Waals surface area contributed by atoms with E-state index in [1.54, 1.807) is 36.4 Å². The highest BCUT2D eigenvalue weighted by Gasteiger charge is 2.20. The highest BCUT2D eigenvalue weighted by atomic mass is 19.1. The highest BCUT2D eigenvalue weighted by Crippen LogP contribution is 2.21. The molecule has 3 aromatic rings. The first-order valence-corrected chi connectivity index (χ1v) is 10.7. The molecule has 3 aromatic carbocycles. The zero-order valence-corrected chi connectivity index (χ0v) is 18.0. The fourth-order valence-corrected chi connectivity index (χ4v) is 3.74. The maximum Gasteiger partial charge on any atom is 0.257 e. The molecule has 0 unspecified atom stereocenters. The minimum Gasteiger partial charge on any atom is -0.508 e. The van der Waals surface area contributed by atoms with E-state index in [4.69, 9.17) is 0 Å². The van der Waals surface area contributed by atoms with E-state index in [-0.39, 0.29) is 29.9 Å². The van der Waals surface area contributed by atoms with Gasteiger partial charge in [-0.2, -0.15) is 0 Å². The largest absolute Gasteiger partial charge is 0.508 e. The number of hydrogen-bond acceptors (Lipinski definition) is 5. The molecule has 8 heteroatoms. The van der Waals surface area contributed by atoms with Crippen LogP contribution >= 0.6 is 0 Å². The van der Waals surface area contributed by atoms with Gasteiger partial charge in [-0.15, -0.1) is 0 Å². The van der Waals surface area contributed by atoms with Crippen LogP contribution in [0, 0.1) is 5.82 Å². The summed E-state index contributed by atoms with van der Waals surface area (Å²) in [6, 6.07) is 19.4. The van der Waals surface area contributed by atoms with Crippen molar-refractivity contribution >= 4 is 28.9 Å². The lowest BCUT2D eigenvalue weighted by Gasteiger charge is -2.35. The number of anilines is 3. The molecule has 0 saturated carbocycles. The van der Waals surface area contributed by atoms with Crippen molar-refractivity contribution in [3.05, 3.63) is 84.2 Å². The van der Waals surface area contributed by atoms with Crippen molar-refractivity contribution in [2.75, 3.05) is 48.3 Å². The molecule has 0 atom stereocenters. The molecule has 1 heterocycles. The molecule has 1 fully saturated rings. The van der Waals surface area contributed by atoms with Gasteiger partial charge in [0.25, 0.3) is 5.91 Å². The summed E-state index contributed by atoms with van der Waals surface area (Å²) in [4.78, 5) is 29.6. The lowest BCUT2D eigenvalue weighted by molar-refractivity contribution is -0.117. The molecule has 0 radical (unpaired) electrons. The standard InChI is InChI=1S/C25H25FN4O3/c26-18-5-7-19(8-6-18)27-25(33)22-3-1-2-4-23(22)28-24(32)17-29-13-15-30(16-14-29)20-9-11-21(31)12-10-20/h1-12,31H,13-17H2,(H,27,33)(H,28,32). The van der Waals surface area contributed by atoms with Gasteiger partial charge in [0.05, 0.1) is 17.8 Å². The number of halogens is 1. The number of para-hydroxylation sites is 1. The number of carbonyl (C=O) groups is 2. The Balaban J connectivity index is 1.32. The molecule has 170 valence electrons. The van der Waals surface area contributed by atoms with Crippen LogP contribution in [-0.2, 0) is 4.79 Å². The minimum atomic E-state index is -0.389. The first-order chi connectivity index (χ1) is 16.0. The van der Waals surface area contributed by atoms with Gasteiger partial charge >= 0.3 is 0 Å². The average Bonchev–Trinajstić information content (AvgIpc) is 2.82. The third-order valence-electron chi connectivity index (χ3n) is 5.50. The van der Waals surface area contributed by atoms with Crippen molar-refractivity contribution in [2.24, 2.45) is 0 Å². The molecule has 0 spiro atoms. The summed E-state index contributed by atoms with van der Waals surface area (Å²) in [6.45, 7) is 3.21. The fraction of sp³-hybridized carbons (Fsp3) is 0.200. The number of amides is 2. The Kier molecular flexibility index (Phi) is 6.85. The van der Waals surface area contributed by atoms with Gasteiger partial charge in [-0.25, -0.2) is 4.39 Å². The van der Waals surface area contributed by atoms with Gasteiger partial charge in [0.1, 0.15) is 11.6 Å². The summed E-state index contributed by atoms with van der Waals surface area (Å²) in [5.41, 5.74) is 2.25. The zero-order valence-electron chi connectivity index (χ0n) is 18.0. The molecular formula is C25H25FN4O3. The second-order valence-electron chi connectivity index (χ2n) is 7.83. The van der Waals surface area contributed by atoms with Crippen LogP contribution in [0.5, 0.6) is 5.75 Å². The summed E-state index contributed by atoms with van der Waals surface area (Å²) in [7, 11) is 0. The van der Waals surface area contributed by atoms with Crippen molar-refractivity contribution in [2.45, 2.75) is 0 Å². The van der Waals surface area contributed by atoms with Crippen molar-refractivity contribution in [3.8, 4) is 5.75 Å². The van der Waals surface area contributed by atoms with E-state index < -0.39 is 0 Å². The molecule has 0 aliphatic carbocycles. The van der Waals surface area contributed by atoms with E-state index in [2.05, 4.69) is 20.4 Å². The Morgan fingerprint density at radius 1 is 0.848 bits per heavy atom. The van der Waals surface area contributed by atoms with Crippen LogP contribution in [0.25, 0.3) is 0 Å². The van der Waals surface area contributed by atoms with Gasteiger partial charge in [0.2, 0.25) is 5.91 Å². The summed E-state index contributed by atoms with van der Waals surface area (Å²) in [5, 5.41) is 15.0. The second kappa shape index (κ2) is 10.1. The quantitative estimate of drug-likeness (QED) is 0.537. The Labute approximate surface area is 191 Å². The molecule has 1 saturated heterocycles. The molecule has 3 N–H and O–H groups in total. The van der Waals surface area contributed by atoms with Crippen LogP contribution in [0.3, 0.4) is 0 Å². The number of hydrogen-bond donors (Lipinski definition) is 3. The Morgan fingerprint density at radius 2 is 1.52 bits per heavy atom. The van der Waals surface area contributed by atoms with Crippen LogP contribution in [0.15, 0.2) is 72.8 Å². The monoisotopic (exact) mass is 448 g/mol. The van der Waals surface area contributed by atoms with Gasteiger partial charge in [0.15, 0.2) is 0 Å². The molecular weight excluding hydrogens is 423 g/mol. The van der Waals surface area contributed by atoms with Gasteiger partial charge in [-0.1, -0.05) is 12.1 Å². The smallest absolute Gasteiger partial charge is 0.257 e. The molecule has 1 aliphatic heterocycles.